The Balaban J connectivity index is 1.65. The molecule has 0 aliphatic heterocycles. The van der Waals surface area contributed by atoms with Gasteiger partial charge in [0.05, 0.1) is 29.5 Å². The molecule has 1 heterocycles. The topological polar surface area (TPSA) is 107 Å². The molecule has 0 unspecified atom stereocenters. The number of thioether (sulfide) groups is 1. The molecular weight excluding hydrogens is 356 g/mol. The summed E-state index contributed by atoms with van der Waals surface area (Å²) in [5.41, 5.74) is 3.57. The van der Waals surface area contributed by atoms with Crippen molar-refractivity contribution in [2.24, 2.45) is 0 Å². The normalized spacial score (nSPS) is 12.5. The summed E-state index contributed by atoms with van der Waals surface area (Å²) in [5, 5.41) is 14.1. The van der Waals surface area contributed by atoms with Gasteiger partial charge in [0, 0.05) is 17.5 Å². The van der Waals surface area contributed by atoms with E-state index in [0.29, 0.717) is 10.8 Å². The van der Waals surface area contributed by atoms with E-state index in [4.69, 9.17) is 4.74 Å². The van der Waals surface area contributed by atoms with Crippen LogP contribution in [-0.4, -0.2) is 33.7 Å². The number of nitrogens with zero attached hydrogens (tertiary/aromatic N) is 3. The van der Waals surface area contributed by atoms with Gasteiger partial charge in [-0.05, 0) is 37.8 Å². The summed E-state index contributed by atoms with van der Waals surface area (Å²) in [6, 6.07) is 4.05. The van der Waals surface area contributed by atoms with Crippen molar-refractivity contribution in [1.82, 2.24) is 9.97 Å². The van der Waals surface area contributed by atoms with E-state index in [1.54, 1.807) is 0 Å². The molecule has 0 radical (unpaired) electrons. The van der Waals surface area contributed by atoms with Gasteiger partial charge in [-0.25, -0.2) is 9.97 Å². The lowest BCUT2D eigenvalue weighted by molar-refractivity contribution is -0.384. The predicted octanol–water partition coefficient (Wildman–Crippen LogP) is 2.92. The fraction of sp³-hybridized carbons (Fsp3) is 0.353. The van der Waals surface area contributed by atoms with Crippen LogP contribution in [-0.2, 0) is 17.6 Å². The Kier molecular flexibility index (Phi) is 5.36. The van der Waals surface area contributed by atoms with Crippen molar-refractivity contribution in [1.29, 1.82) is 0 Å². The van der Waals surface area contributed by atoms with E-state index in [2.05, 4.69) is 15.3 Å². The molecule has 0 saturated heterocycles. The Morgan fingerprint density at radius 2 is 2.19 bits per heavy atom. The molecular formula is C17H18N4O4S. The summed E-state index contributed by atoms with van der Waals surface area (Å²) in [7, 11) is 1.39. The van der Waals surface area contributed by atoms with Crippen LogP contribution in [0.1, 0.15) is 23.4 Å². The predicted molar refractivity (Wildman–Crippen MR) is 97.8 cm³/mol. The number of hydrogen-bond acceptors (Lipinski definition) is 7. The molecule has 1 N–H and O–H groups in total. The van der Waals surface area contributed by atoms with Crippen molar-refractivity contribution < 1.29 is 14.5 Å². The first kappa shape index (κ1) is 18.1. The van der Waals surface area contributed by atoms with E-state index in [0.717, 1.165) is 30.7 Å². The Morgan fingerprint density at radius 3 is 2.92 bits per heavy atom. The number of nitro benzene ring substituents is 1. The van der Waals surface area contributed by atoms with Crippen molar-refractivity contribution in [2.75, 3.05) is 18.2 Å². The third-order valence-corrected chi connectivity index (χ3v) is 4.97. The van der Waals surface area contributed by atoms with E-state index in [1.807, 2.05) is 6.92 Å². The minimum atomic E-state index is -0.516. The first-order chi connectivity index (χ1) is 12.5. The second kappa shape index (κ2) is 7.69. The number of hydrogen-bond donors (Lipinski definition) is 1. The lowest BCUT2D eigenvalue weighted by Gasteiger charge is -2.10. The molecule has 1 aromatic heterocycles. The van der Waals surface area contributed by atoms with Gasteiger partial charge in [-0.2, -0.15) is 0 Å². The van der Waals surface area contributed by atoms with Crippen LogP contribution in [0.4, 0.5) is 11.4 Å². The van der Waals surface area contributed by atoms with Gasteiger partial charge >= 0.3 is 0 Å². The number of aromatic nitrogens is 2. The standard InChI is InChI=1S/C17H18N4O4S/c1-10-12-4-3-5-13(12)20-17(18-10)26-9-16(22)19-14-7-6-11(21(23)24)8-15(14)25-2/h6-8H,3-5,9H2,1-2H3,(H,19,22). The zero-order chi connectivity index (χ0) is 18.7. The number of ether oxygens (including phenoxy) is 1. The smallest absolute Gasteiger partial charge is 0.273 e. The molecule has 0 spiro atoms. The van der Waals surface area contributed by atoms with Crippen LogP contribution < -0.4 is 10.1 Å². The number of non-ortho nitro benzene ring substituents is 1. The molecule has 2 aromatic rings. The zero-order valence-electron chi connectivity index (χ0n) is 14.4. The first-order valence-electron chi connectivity index (χ1n) is 8.09. The number of benzene rings is 1. The largest absolute Gasteiger partial charge is 0.494 e. The average Bonchev–Trinajstić information content (AvgIpc) is 3.09. The van der Waals surface area contributed by atoms with Gasteiger partial charge < -0.3 is 10.1 Å². The number of anilines is 1. The molecule has 3 rings (SSSR count). The number of nitro groups is 1. The number of amides is 1. The van der Waals surface area contributed by atoms with Gasteiger partial charge in [-0.15, -0.1) is 0 Å². The maximum Gasteiger partial charge on any atom is 0.273 e. The summed E-state index contributed by atoms with van der Waals surface area (Å²) < 4.78 is 5.12. The summed E-state index contributed by atoms with van der Waals surface area (Å²) >= 11 is 1.27. The molecule has 1 aliphatic carbocycles. The van der Waals surface area contributed by atoms with Crippen LogP contribution in [0.15, 0.2) is 23.4 Å². The number of rotatable bonds is 6. The maximum absolute atomic E-state index is 12.2. The van der Waals surface area contributed by atoms with Crippen LogP contribution in [0.3, 0.4) is 0 Å². The van der Waals surface area contributed by atoms with Gasteiger partial charge in [0.25, 0.3) is 5.69 Å². The number of nitrogens with one attached hydrogen (secondary N) is 1. The fourth-order valence-corrected chi connectivity index (χ4v) is 3.58. The van der Waals surface area contributed by atoms with Crippen molar-refractivity contribution >= 4 is 29.0 Å². The number of carbonyl (C=O) groups is 1. The van der Waals surface area contributed by atoms with E-state index in [9.17, 15) is 14.9 Å². The zero-order valence-corrected chi connectivity index (χ0v) is 15.3. The molecule has 8 nitrogen and oxygen atoms in total. The SMILES string of the molecule is COc1cc([N+](=O)[O-])ccc1NC(=O)CSc1nc(C)c2c(n1)CCC2. The second-order valence-corrected chi connectivity index (χ2v) is 6.79. The first-order valence-corrected chi connectivity index (χ1v) is 9.08. The molecule has 0 atom stereocenters. The van der Waals surface area contributed by atoms with Gasteiger partial charge in [0.15, 0.2) is 5.16 Å². The fourth-order valence-electron chi connectivity index (χ4n) is 2.87. The van der Waals surface area contributed by atoms with E-state index < -0.39 is 4.92 Å². The van der Waals surface area contributed by atoms with Gasteiger partial charge in [-0.3, -0.25) is 14.9 Å². The monoisotopic (exact) mass is 374 g/mol. The molecule has 0 fully saturated rings. The lowest BCUT2D eigenvalue weighted by Crippen LogP contribution is -2.15. The van der Waals surface area contributed by atoms with Crippen LogP contribution in [0.5, 0.6) is 5.75 Å². The second-order valence-electron chi connectivity index (χ2n) is 5.85. The van der Waals surface area contributed by atoms with Crippen LogP contribution in [0, 0.1) is 17.0 Å². The molecule has 1 aromatic carbocycles. The van der Waals surface area contributed by atoms with Crippen LogP contribution in [0.25, 0.3) is 0 Å². The summed E-state index contributed by atoms with van der Waals surface area (Å²) in [4.78, 5) is 31.5. The molecule has 0 saturated carbocycles. The number of aryl methyl sites for hydroxylation is 2. The summed E-state index contributed by atoms with van der Waals surface area (Å²) in [5.74, 6) is 0.115. The van der Waals surface area contributed by atoms with Gasteiger partial charge in [0.1, 0.15) is 5.75 Å². The van der Waals surface area contributed by atoms with Crippen molar-refractivity contribution in [3.63, 3.8) is 0 Å². The van der Waals surface area contributed by atoms with E-state index in [1.165, 1.54) is 42.6 Å². The quantitative estimate of drug-likeness (QED) is 0.358. The highest BCUT2D eigenvalue weighted by atomic mass is 32.2. The molecule has 9 heteroatoms. The highest BCUT2D eigenvalue weighted by Crippen LogP contribution is 2.29. The molecule has 26 heavy (non-hydrogen) atoms. The van der Waals surface area contributed by atoms with Crippen molar-refractivity contribution in [3.05, 3.63) is 45.3 Å². The third kappa shape index (κ3) is 3.93. The Bertz CT molecular complexity index is 872. The third-order valence-electron chi connectivity index (χ3n) is 4.12. The molecule has 136 valence electrons. The maximum atomic E-state index is 12.2. The Labute approximate surface area is 154 Å². The van der Waals surface area contributed by atoms with E-state index in [-0.39, 0.29) is 23.1 Å². The molecule has 1 aliphatic rings. The minimum absolute atomic E-state index is 0.101. The Morgan fingerprint density at radius 1 is 1.38 bits per heavy atom. The van der Waals surface area contributed by atoms with Crippen LogP contribution in [0.2, 0.25) is 0 Å². The van der Waals surface area contributed by atoms with Gasteiger partial charge in [-0.1, -0.05) is 11.8 Å². The molecule has 0 bridgehead atoms. The van der Waals surface area contributed by atoms with Gasteiger partial charge in [0.2, 0.25) is 5.91 Å². The van der Waals surface area contributed by atoms with Crippen molar-refractivity contribution in [3.8, 4) is 5.75 Å². The van der Waals surface area contributed by atoms with Crippen LogP contribution >= 0.6 is 11.8 Å². The highest BCUT2D eigenvalue weighted by molar-refractivity contribution is 7.99. The number of carbonyl (C=O) groups excluding carboxylic acids is 1. The van der Waals surface area contributed by atoms with E-state index >= 15 is 0 Å². The summed E-state index contributed by atoms with van der Waals surface area (Å²) in [6.45, 7) is 1.97. The number of fused-ring (bicyclic) bond motifs is 1. The lowest BCUT2D eigenvalue weighted by atomic mass is 10.2. The summed E-state index contributed by atoms with van der Waals surface area (Å²) in [6.07, 6.45) is 3.07. The average molecular weight is 374 g/mol. The molecule has 1 amide bonds. The van der Waals surface area contributed by atoms with Crippen molar-refractivity contribution in [2.45, 2.75) is 31.3 Å². The number of methoxy groups -OCH3 is 1. The Hall–Kier alpha value is -2.68. The highest BCUT2D eigenvalue weighted by Gasteiger charge is 2.18. The minimum Gasteiger partial charge on any atom is -0.494 e.